The Morgan fingerprint density at radius 2 is 1.72 bits per heavy atom. The van der Waals surface area contributed by atoms with Gasteiger partial charge >= 0.3 is 19.8 Å². The number of aliphatic carboxylic acids is 1. The smallest absolute Gasteiger partial charge is 0.472 e. The average Bonchev–Trinajstić information content (AvgIpc) is 3.32. The molecule has 3 unspecified atom stereocenters. The van der Waals surface area contributed by atoms with Gasteiger partial charge in [-0.3, -0.25) is 13.8 Å². The number of hydrogen-bond acceptors (Lipinski definition) is 9. The zero-order valence-corrected chi connectivity index (χ0v) is 22.6. The highest BCUT2D eigenvalue weighted by Crippen LogP contribution is 2.43. The van der Waals surface area contributed by atoms with E-state index in [2.05, 4.69) is 35.6 Å². The van der Waals surface area contributed by atoms with Crippen molar-refractivity contribution in [1.82, 2.24) is 15.0 Å². The molecule has 1 aromatic heterocycles. The molecule has 0 aliphatic heterocycles. The second-order valence-corrected chi connectivity index (χ2v) is 10.4. The van der Waals surface area contributed by atoms with Gasteiger partial charge in [-0.2, -0.15) is 0 Å². The summed E-state index contributed by atoms with van der Waals surface area (Å²) in [5.41, 5.74) is 6.08. The first-order valence-electron chi connectivity index (χ1n) is 12.8. The van der Waals surface area contributed by atoms with Crippen LogP contribution >= 0.6 is 7.82 Å². The van der Waals surface area contributed by atoms with Crippen LogP contribution < -0.4 is 5.73 Å². The van der Waals surface area contributed by atoms with Crippen molar-refractivity contribution in [2.45, 2.75) is 103 Å². The third-order valence-electron chi connectivity index (χ3n) is 5.72. The number of aromatic nitrogens is 3. The van der Waals surface area contributed by atoms with E-state index >= 15 is 0 Å². The summed E-state index contributed by atoms with van der Waals surface area (Å²) in [5.74, 6) is -1.56. The number of carboxylic acids is 1. The predicted molar refractivity (Wildman–Crippen MR) is 133 cm³/mol. The van der Waals surface area contributed by atoms with E-state index in [0.717, 1.165) is 50.6 Å². The largest absolute Gasteiger partial charge is 0.480 e. The second-order valence-electron chi connectivity index (χ2n) is 8.95. The van der Waals surface area contributed by atoms with Crippen molar-refractivity contribution < 1.29 is 37.9 Å². The van der Waals surface area contributed by atoms with E-state index in [1.165, 1.54) is 6.42 Å². The van der Waals surface area contributed by atoms with Gasteiger partial charge in [0.15, 0.2) is 6.04 Å². The molecule has 0 saturated heterocycles. The number of nitrogens with two attached hydrogens (primary N) is 1. The number of phosphoric acid groups is 1. The summed E-state index contributed by atoms with van der Waals surface area (Å²) < 4.78 is 28.1. The van der Waals surface area contributed by atoms with Crippen LogP contribution in [-0.2, 0) is 27.9 Å². The normalized spacial score (nSPS) is 15.7. The third kappa shape index (κ3) is 12.9. The molecular formula is C23H43N4O8P. The zero-order chi connectivity index (χ0) is 27.0. The summed E-state index contributed by atoms with van der Waals surface area (Å²) in [6.07, 6.45) is 11.0. The number of unbranched alkanes of at least 4 members (excludes halogenated alkanes) is 5. The molecule has 0 spiro atoms. The van der Waals surface area contributed by atoms with Crippen LogP contribution in [0.1, 0.15) is 103 Å². The van der Waals surface area contributed by atoms with Gasteiger partial charge in [-0.25, -0.2) is 14.0 Å². The molecule has 0 saturated carbocycles. The maximum Gasteiger partial charge on any atom is 0.472 e. The fourth-order valence-corrected chi connectivity index (χ4v) is 4.21. The molecule has 0 radical (unpaired) electrons. The van der Waals surface area contributed by atoms with Crippen LogP contribution in [0.15, 0.2) is 6.20 Å². The summed E-state index contributed by atoms with van der Waals surface area (Å²) in [7, 11) is -4.46. The number of ether oxygens (including phenoxy) is 1. The summed E-state index contributed by atoms with van der Waals surface area (Å²) >= 11 is 0. The minimum atomic E-state index is -4.46. The summed E-state index contributed by atoms with van der Waals surface area (Å²) in [6, 6.07) is -2.04. The maximum atomic E-state index is 12.8. The van der Waals surface area contributed by atoms with E-state index in [4.69, 9.17) is 20.1 Å². The first kappa shape index (κ1) is 32.2. The van der Waals surface area contributed by atoms with Crippen molar-refractivity contribution in [2.24, 2.45) is 5.73 Å². The fraction of sp³-hybridized carbons (Fsp3) is 0.826. The van der Waals surface area contributed by atoms with Gasteiger partial charge < -0.3 is 20.5 Å². The van der Waals surface area contributed by atoms with Crippen molar-refractivity contribution in [3.8, 4) is 0 Å². The molecule has 4 atom stereocenters. The zero-order valence-electron chi connectivity index (χ0n) is 21.7. The molecular weight excluding hydrogens is 491 g/mol. The van der Waals surface area contributed by atoms with E-state index < -0.39 is 38.5 Å². The number of rotatable bonds is 21. The molecule has 4 N–H and O–H groups in total. The Balaban J connectivity index is 2.59. The van der Waals surface area contributed by atoms with Crippen molar-refractivity contribution in [3.63, 3.8) is 0 Å². The first-order chi connectivity index (χ1) is 17.1. The highest BCUT2D eigenvalue weighted by Gasteiger charge is 2.26. The van der Waals surface area contributed by atoms with Crippen LogP contribution in [0, 0.1) is 0 Å². The fourth-order valence-electron chi connectivity index (χ4n) is 3.43. The lowest BCUT2D eigenvalue weighted by atomic mass is 10.0. The van der Waals surface area contributed by atoms with Crippen LogP contribution in [0.4, 0.5) is 0 Å². The van der Waals surface area contributed by atoms with E-state index in [0.29, 0.717) is 6.42 Å². The van der Waals surface area contributed by atoms with E-state index in [1.54, 1.807) is 4.68 Å². The molecule has 36 heavy (non-hydrogen) atoms. The standard InChI is InChI=1S/C23H43N4O8P/c1-4-6-8-10-13-21(27-16-20(25-26-27)18(3)12-9-7-5-2)23(30)33-14-11-15-34-36(31,32)35-17-19(24)22(28)29/h16,18-19,21H,4-15,17,24H2,1-3H3,(H,28,29)(H,31,32)/t18?,19-,21?/m0/s1. The average molecular weight is 535 g/mol. The molecule has 1 aromatic rings. The number of nitrogens with zero attached hydrogens (tertiary/aromatic N) is 3. The number of phosphoric ester groups is 1. The molecule has 12 nitrogen and oxygen atoms in total. The van der Waals surface area contributed by atoms with Gasteiger partial charge in [-0.1, -0.05) is 70.9 Å². The topological polar surface area (TPSA) is 176 Å². The number of carbonyl (C=O) groups excluding carboxylic acids is 1. The number of esters is 1. The third-order valence-corrected chi connectivity index (χ3v) is 6.70. The molecule has 0 amide bonds. The summed E-state index contributed by atoms with van der Waals surface area (Å²) in [4.78, 5) is 33.1. The highest BCUT2D eigenvalue weighted by molar-refractivity contribution is 7.47. The van der Waals surface area contributed by atoms with Crippen LogP contribution in [0.25, 0.3) is 0 Å². The molecule has 1 rings (SSSR count). The molecule has 0 fully saturated rings. The van der Waals surface area contributed by atoms with Crippen molar-refractivity contribution in [1.29, 1.82) is 0 Å². The summed E-state index contributed by atoms with van der Waals surface area (Å²) in [5, 5.41) is 17.2. The first-order valence-corrected chi connectivity index (χ1v) is 14.3. The van der Waals surface area contributed by atoms with E-state index in [-0.39, 0.29) is 25.6 Å². The van der Waals surface area contributed by atoms with Gasteiger partial charge in [0, 0.05) is 18.5 Å². The van der Waals surface area contributed by atoms with E-state index in [1.807, 2.05) is 6.20 Å². The molecule has 0 bridgehead atoms. The SMILES string of the molecule is CCCCCCC(C(=O)OCCCOP(=O)(O)OC[C@H](N)C(=O)O)n1cc(C(C)CCCCC)nn1. The Bertz CT molecular complexity index is 822. The Hall–Kier alpha value is -1.85. The highest BCUT2D eigenvalue weighted by atomic mass is 31.2. The lowest BCUT2D eigenvalue weighted by Crippen LogP contribution is -2.34. The predicted octanol–water partition coefficient (Wildman–Crippen LogP) is 3.95. The van der Waals surface area contributed by atoms with Gasteiger partial charge in [0.2, 0.25) is 0 Å². The quantitative estimate of drug-likeness (QED) is 0.118. The molecule has 0 aromatic carbocycles. The maximum absolute atomic E-state index is 12.8. The van der Waals surface area contributed by atoms with E-state index in [9.17, 15) is 19.0 Å². The Morgan fingerprint density at radius 3 is 2.39 bits per heavy atom. The van der Waals surface area contributed by atoms with Gasteiger partial charge in [-0.15, -0.1) is 5.10 Å². The Morgan fingerprint density at radius 1 is 1.06 bits per heavy atom. The minimum Gasteiger partial charge on any atom is -0.480 e. The molecule has 1 heterocycles. The number of carbonyl (C=O) groups is 2. The minimum absolute atomic E-state index is 0.0338. The monoisotopic (exact) mass is 534 g/mol. The number of carboxylic acid groups (broad SMARTS) is 1. The van der Waals surface area contributed by atoms with Crippen molar-refractivity contribution in [3.05, 3.63) is 11.9 Å². The van der Waals surface area contributed by atoms with Gasteiger partial charge in [-0.05, 0) is 12.8 Å². The van der Waals surface area contributed by atoms with Gasteiger partial charge in [0.05, 0.1) is 25.5 Å². The Kier molecular flexibility index (Phi) is 15.7. The van der Waals surface area contributed by atoms with Crippen LogP contribution in [0.2, 0.25) is 0 Å². The molecule has 0 aliphatic rings. The van der Waals surface area contributed by atoms with Gasteiger partial charge in [0.1, 0.15) is 6.04 Å². The molecule has 0 aliphatic carbocycles. The van der Waals surface area contributed by atoms with Crippen molar-refractivity contribution >= 4 is 19.8 Å². The molecule has 208 valence electrons. The van der Waals surface area contributed by atoms with Crippen LogP contribution in [0.3, 0.4) is 0 Å². The van der Waals surface area contributed by atoms with Gasteiger partial charge in [0.25, 0.3) is 0 Å². The number of hydrogen-bond donors (Lipinski definition) is 3. The lowest BCUT2D eigenvalue weighted by Gasteiger charge is -2.17. The Labute approximate surface area is 213 Å². The lowest BCUT2D eigenvalue weighted by molar-refractivity contribution is -0.148. The molecule has 13 heteroatoms. The van der Waals surface area contributed by atoms with Crippen LogP contribution in [0.5, 0.6) is 0 Å². The van der Waals surface area contributed by atoms with Crippen molar-refractivity contribution in [2.75, 3.05) is 19.8 Å². The second kappa shape index (κ2) is 17.6. The van der Waals surface area contributed by atoms with Crippen LogP contribution in [-0.4, -0.2) is 62.8 Å². The summed E-state index contributed by atoms with van der Waals surface area (Å²) in [6.45, 7) is 5.46.